The van der Waals surface area contributed by atoms with E-state index in [9.17, 15) is 14.7 Å². The van der Waals surface area contributed by atoms with Crippen LogP contribution in [0, 0.1) is 29.1 Å². The molecule has 2 aromatic rings. The van der Waals surface area contributed by atoms with Crippen molar-refractivity contribution in [1.82, 2.24) is 10.3 Å². The third-order valence-electron chi connectivity index (χ3n) is 10.1. The van der Waals surface area contributed by atoms with Crippen LogP contribution in [0.2, 0.25) is 0 Å². The predicted molar refractivity (Wildman–Crippen MR) is 140 cm³/mol. The summed E-state index contributed by atoms with van der Waals surface area (Å²) in [6.45, 7) is 6.36. The lowest BCUT2D eigenvalue weighted by Crippen LogP contribution is -2.59. The second-order valence-electron chi connectivity index (χ2n) is 12.0. The third-order valence-corrected chi connectivity index (χ3v) is 10.1. The van der Waals surface area contributed by atoms with Gasteiger partial charge in [-0.15, -0.1) is 0 Å². The maximum Gasteiger partial charge on any atom is 0.235 e. The number of carbonyl (C=O) groups excluding carboxylic acids is 2. The van der Waals surface area contributed by atoms with Crippen molar-refractivity contribution in [2.24, 2.45) is 29.1 Å². The van der Waals surface area contributed by atoms with E-state index in [0.717, 1.165) is 22.9 Å². The average molecular weight is 507 g/mol. The topological polar surface area (TPSA) is 104 Å². The number of amides is 1. The number of Topliss-reactive ketones (excluding diaryl/α,β-unsaturated/α-hetero) is 1. The molecule has 7 heteroatoms. The van der Waals surface area contributed by atoms with Gasteiger partial charge in [0.25, 0.3) is 0 Å². The average Bonchev–Trinajstić information content (AvgIpc) is 3.28. The number of methoxy groups -OCH3 is 1. The molecule has 3 heterocycles. The van der Waals surface area contributed by atoms with Crippen molar-refractivity contribution in [3.63, 3.8) is 0 Å². The Morgan fingerprint density at radius 1 is 1.22 bits per heavy atom. The standard InChI is InChI=1S/C30H38N2O5/c1-16-8-7-10-20-27-29(3,37-27)17(2)26-22(13-18-15-31-21-11-6-5-9-19(18)21)32-28(35)30(20,26)25(34)14-24(36-4)23(33)12-16/h5-7,9-11,15-17,20,22-24,26-27,31,33H,8,12-14H2,1-4H3,(H,32,35)/b10-7-/t16-,17-,20-,22+,23+,24+,26-,27+,29-,30-/m0/s1. The molecule has 3 N–H and O–H groups in total. The van der Waals surface area contributed by atoms with E-state index in [2.05, 4.69) is 49.3 Å². The van der Waals surface area contributed by atoms with Crippen LogP contribution in [0.25, 0.3) is 10.9 Å². The minimum Gasteiger partial charge on any atom is -0.390 e. The van der Waals surface area contributed by atoms with Gasteiger partial charge < -0.3 is 24.9 Å². The number of nitrogens with one attached hydrogen (secondary N) is 2. The number of aromatic amines is 1. The number of ether oxygens (including phenoxy) is 2. The predicted octanol–water partition coefficient (Wildman–Crippen LogP) is 3.56. The number of allylic oxidation sites excluding steroid dienone is 1. The number of aromatic nitrogens is 1. The van der Waals surface area contributed by atoms with E-state index in [4.69, 9.17) is 9.47 Å². The van der Waals surface area contributed by atoms with Crippen molar-refractivity contribution in [3.8, 4) is 0 Å². The molecule has 0 radical (unpaired) electrons. The lowest BCUT2D eigenvalue weighted by molar-refractivity contribution is -0.151. The molecular formula is C30H38N2O5. The van der Waals surface area contributed by atoms with Crippen molar-refractivity contribution in [2.75, 3.05) is 7.11 Å². The van der Waals surface area contributed by atoms with E-state index in [0.29, 0.717) is 12.8 Å². The highest BCUT2D eigenvalue weighted by Crippen LogP contribution is 2.66. The minimum atomic E-state index is -1.25. The van der Waals surface area contributed by atoms with Crippen molar-refractivity contribution in [1.29, 1.82) is 0 Å². The van der Waals surface area contributed by atoms with Crippen LogP contribution in [0.4, 0.5) is 0 Å². The molecule has 10 atom stereocenters. The first-order valence-corrected chi connectivity index (χ1v) is 13.7. The molecule has 198 valence electrons. The summed E-state index contributed by atoms with van der Waals surface area (Å²) < 4.78 is 12.0. The van der Waals surface area contributed by atoms with Gasteiger partial charge in [-0.2, -0.15) is 0 Å². The van der Waals surface area contributed by atoms with Crippen LogP contribution in [0.5, 0.6) is 0 Å². The second-order valence-corrected chi connectivity index (χ2v) is 12.0. The molecule has 3 fully saturated rings. The zero-order valence-electron chi connectivity index (χ0n) is 22.1. The van der Waals surface area contributed by atoms with Gasteiger partial charge in [0.1, 0.15) is 5.41 Å². The number of para-hydroxylation sites is 1. The fourth-order valence-electron chi connectivity index (χ4n) is 7.91. The zero-order chi connectivity index (χ0) is 26.1. The van der Waals surface area contributed by atoms with Gasteiger partial charge in [0.15, 0.2) is 5.78 Å². The molecule has 2 aliphatic heterocycles. The number of aliphatic hydroxyl groups excluding tert-OH is 1. The van der Waals surface area contributed by atoms with Gasteiger partial charge in [-0.3, -0.25) is 9.59 Å². The second kappa shape index (κ2) is 8.79. The molecule has 2 saturated heterocycles. The molecular weight excluding hydrogens is 468 g/mol. The Bertz CT molecular complexity index is 1250. The van der Waals surface area contributed by atoms with Crippen LogP contribution < -0.4 is 5.32 Å². The zero-order valence-corrected chi connectivity index (χ0v) is 22.1. The van der Waals surface area contributed by atoms with Gasteiger partial charge in [0.2, 0.25) is 5.91 Å². The fourth-order valence-corrected chi connectivity index (χ4v) is 7.91. The highest BCUT2D eigenvalue weighted by Gasteiger charge is 2.78. The maximum atomic E-state index is 14.4. The summed E-state index contributed by atoms with van der Waals surface area (Å²) in [4.78, 5) is 31.9. The molecule has 1 amide bonds. The van der Waals surface area contributed by atoms with Crippen molar-refractivity contribution < 1.29 is 24.2 Å². The van der Waals surface area contributed by atoms with Crippen LogP contribution in [0.3, 0.4) is 0 Å². The Kier molecular flexibility index (Phi) is 5.90. The first-order valence-electron chi connectivity index (χ1n) is 13.7. The molecule has 4 aliphatic rings. The lowest BCUT2D eigenvalue weighted by atomic mass is 9.51. The van der Waals surface area contributed by atoms with Crippen LogP contribution in [-0.4, -0.2) is 58.8 Å². The molecule has 2 aliphatic carbocycles. The molecule has 1 saturated carbocycles. The number of aliphatic hydroxyl groups is 1. The van der Waals surface area contributed by atoms with Crippen LogP contribution >= 0.6 is 0 Å². The van der Waals surface area contributed by atoms with Crippen molar-refractivity contribution >= 4 is 22.6 Å². The van der Waals surface area contributed by atoms with Gasteiger partial charge in [-0.25, -0.2) is 0 Å². The first-order chi connectivity index (χ1) is 17.7. The Hall–Kier alpha value is -2.48. The number of hydrogen-bond acceptors (Lipinski definition) is 5. The molecule has 1 aromatic carbocycles. The highest BCUT2D eigenvalue weighted by atomic mass is 16.6. The van der Waals surface area contributed by atoms with Gasteiger partial charge >= 0.3 is 0 Å². The SMILES string of the molecule is CO[C@@H]1CC(=O)[C@]23C(=O)N[C@H](Cc4c[nH]c5ccccc45)[C@@H]2[C@H](C)[C@]2(C)O[C@@H]2[C@@H]3/C=C\C[C@H](C)C[C@H]1O. The number of rotatable bonds is 3. The number of H-pyrrole nitrogens is 1. The summed E-state index contributed by atoms with van der Waals surface area (Å²) in [5, 5.41) is 15.3. The smallest absolute Gasteiger partial charge is 0.235 e. The van der Waals surface area contributed by atoms with Gasteiger partial charge in [-0.1, -0.05) is 44.2 Å². The van der Waals surface area contributed by atoms with E-state index < -0.39 is 17.6 Å². The number of carbonyl (C=O) groups is 2. The summed E-state index contributed by atoms with van der Waals surface area (Å²) in [5.41, 5.74) is 0.561. The summed E-state index contributed by atoms with van der Waals surface area (Å²) in [6, 6.07) is 7.95. The molecule has 6 rings (SSSR count). The maximum absolute atomic E-state index is 14.4. The number of fused-ring (bicyclic) bond motifs is 3. The van der Waals surface area contributed by atoms with Crippen LogP contribution in [0.15, 0.2) is 42.6 Å². The van der Waals surface area contributed by atoms with Crippen LogP contribution in [-0.2, 0) is 25.5 Å². The summed E-state index contributed by atoms with van der Waals surface area (Å²) in [5.74, 6) is -0.717. The molecule has 0 unspecified atom stereocenters. The Balaban J connectivity index is 1.46. The van der Waals surface area contributed by atoms with Gasteiger partial charge in [0.05, 0.1) is 23.9 Å². The highest BCUT2D eigenvalue weighted by molar-refractivity contribution is 6.09. The van der Waals surface area contributed by atoms with E-state index in [1.54, 1.807) is 0 Å². The normalized spacial score (nSPS) is 44.4. The number of ketones is 1. The molecule has 37 heavy (non-hydrogen) atoms. The fraction of sp³-hybridized carbons (Fsp3) is 0.600. The van der Waals surface area contributed by atoms with E-state index >= 15 is 0 Å². The van der Waals surface area contributed by atoms with Gasteiger partial charge in [0, 0.05) is 48.5 Å². The largest absolute Gasteiger partial charge is 0.390 e. The third kappa shape index (κ3) is 3.57. The Labute approximate surface area is 218 Å². The van der Waals surface area contributed by atoms with E-state index in [1.165, 1.54) is 7.11 Å². The number of hydrogen-bond donors (Lipinski definition) is 3. The summed E-state index contributed by atoms with van der Waals surface area (Å²) in [7, 11) is 1.54. The van der Waals surface area contributed by atoms with Gasteiger partial charge in [-0.05, 0) is 49.7 Å². The summed E-state index contributed by atoms with van der Waals surface area (Å²) >= 11 is 0. The van der Waals surface area contributed by atoms with Crippen molar-refractivity contribution in [3.05, 3.63) is 48.2 Å². The minimum absolute atomic E-state index is 0.00442. The molecule has 0 bridgehead atoms. The Morgan fingerprint density at radius 3 is 2.78 bits per heavy atom. The lowest BCUT2D eigenvalue weighted by Gasteiger charge is -2.46. The van der Waals surface area contributed by atoms with Crippen molar-refractivity contribution in [2.45, 2.75) is 76.4 Å². The summed E-state index contributed by atoms with van der Waals surface area (Å²) in [6.07, 6.45) is 6.54. The molecule has 1 spiro atoms. The number of epoxide rings is 1. The first kappa shape index (κ1) is 24.8. The van der Waals surface area contributed by atoms with E-state index in [1.807, 2.05) is 24.4 Å². The quantitative estimate of drug-likeness (QED) is 0.336. The number of benzene rings is 1. The molecule has 1 aromatic heterocycles. The molecule has 7 nitrogen and oxygen atoms in total. The Morgan fingerprint density at radius 2 is 2.00 bits per heavy atom. The monoisotopic (exact) mass is 506 g/mol. The van der Waals surface area contributed by atoms with Crippen LogP contribution in [0.1, 0.15) is 45.6 Å². The van der Waals surface area contributed by atoms with E-state index in [-0.39, 0.29) is 59.5 Å².